The SMILES string of the molecule is CCc1nc(-c2cnccn2)sc1CNC(C)C. The number of aryl methyl sites for hydroxylation is 1. The van der Waals surface area contributed by atoms with Crippen molar-refractivity contribution in [3.63, 3.8) is 0 Å². The number of aromatic nitrogens is 3. The molecule has 96 valence electrons. The Labute approximate surface area is 112 Å². The van der Waals surface area contributed by atoms with Gasteiger partial charge in [0.2, 0.25) is 0 Å². The molecule has 2 aromatic heterocycles. The summed E-state index contributed by atoms with van der Waals surface area (Å²) in [4.78, 5) is 14.3. The van der Waals surface area contributed by atoms with Crippen molar-refractivity contribution in [3.05, 3.63) is 29.2 Å². The summed E-state index contributed by atoms with van der Waals surface area (Å²) in [5, 5.41) is 4.39. The molecule has 0 bridgehead atoms. The summed E-state index contributed by atoms with van der Waals surface area (Å²) in [6.07, 6.45) is 6.09. The van der Waals surface area contributed by atoms with E-state index in [9.17, 15) is 0 Å². The quantitative estimate of drug-likeness (QED) is 0.900. The van der Waals surface area contributed by atoms with Gasteiger partial charge in [0.05, 0.1) is 11.9 Å². The smallest absolute Gasteiger partial charge is 0.144 e. The molecule has 0 aromatic carbocycles. The van der Waals surface area contributed by atoms with Crippen LogP contribution in [0.1, 0.15) is 31.3 Å². The minimum absolute atomic E-state index is 0.483. The first-order valence-corrected chi connectivity index (χ1v) is 7.00. The van der Waals surface area contributed by atoms with Gasteiger partial charge in [0.15, 0.2) is 0 Å². The van der Waals surface area contributed by atoms with Gasteiger partial charge in [-0.1, -0.05) is 20.8 Å². The lowest BCUT2D eigenvalue weighted by molar-refractivity contribution is 0.590. The maximum Gasteiger partial charge on any atom is 0.144 e. The Morgan fingerprint density at radius 3 is 2.78 bits per heavy atom. The van der Waals surface area contributed by atoms with Crippen LogP contribution in [0.25, 0.3) is 10.7 Å². The maximum absolute atomic E-state index is 4.65. The third kappa shape index (κ3) is 3.11. The lowest BCUT2D eigenvalue weighted by Crippen LogP contribution is -2.21. The second-order valence-corrected chi connectivity index (χ2v) is 5.45. The molecule has 4 nitrogen and oxygen atoms in total. The molecule has 0 saturated carbocycles. The predicted molar refractivity (Wildman–Crippen MR) is 74.5 cm³/mol. The number of rotatable bonds is 5. The van der Waals surface area contributed by atoms with Gasteiger partial charge in [-0.2, -0.15) is 0 Å². The zero-order valence-corrected chi connectivity index (χ0v) is 11.8. The zero-order chi connectivity index (χ0) is 13.0. The predicted octanol–water partition coefficient (Wildman–Crippen LogP) is 2.66. The Morgan fingerprint density at radius 1 is 1.33 bits per heavy atom. The minimum Gasteiger partial charge on any atom is -0.310 e. The Bertz CT molecular complexity index is 493. The third-order valence-electron chi connectivity index (χ3n) is 2.57. The molecule has 0 fully saturated rings. The van der Waals surface area contributed by atoms with E-state index in [0.717, 1.165) is 29.4 Å². The third-order valence-corrected chi connectivity index (χ3v) is 3.69. The second kappa shape index (κ2) is 6.02. The van der Waals surface area contributed by atoms with E-state index in [4.69, 9.17) is 0 Å². The van der Waals surface area contributed by atoms with Gasteiger partial charge >= 0.3 is 0 Å². The van der Waals surface area contributed by atoms with Crippen molar-refractivity contribution in [3.8, 4) is 10.7 Å². The molecule has 0 amide bonds. The maximum atomic E-state index is 4.65. The molecular formula is C13H18N4S. The first-order valence-electron chi connectivity index (χ1n) is 6.19. The summed E-state index contributed by atoms with van der Waals surface area (Å²) in [6.45, 7) is 7.31. The van der Waals surface area contributed by atoms with E-state index in [1.165, 1.54) is 4.88 Å². The summed E-state index contributed by atoms with van der Waals surface area (Å²) >= 11 is 1.70. The highest BCUT2D eigenvalue weighted by atomic mass is 32.1. The monoisotopic (exact) mass is 262 g/mol. The number of thiazole rings is 1. The van der Waals surface area contributed by atoms with Crippen LogP contribution in [0, 0.1) is 0 Å². The molecule has 2 aromatic rings. The number of hydrogen-bond acceptors (Lipinski definition) is 5. The van der Waals surface area contributed by atoms with Gasteiger partial charge in [-0.3, -0.25) is 9.97 Å². The Hall–Kier alpha value is -1.33. The molecule has 0 aliphatic carbocycles. The molecule has 18 heavy (non-hydrogen) atoms. The Kier molecular flexibility index (Phi) is 4.38. The average molecular weight is 262 g/mol. The molecule has 0 atom stereocenters. The lowest BCUT2D eigenvalue weighted by atomic mass is 10.3. The molecule has 2 rings (SSSR count). The summed E-state index contributed by atoms with van der Waals surface area (Å²) in [7, 11) is 0. The fourth-order valence-electron chi connectivity index (χ4n) is 1.61. The van der Waals surface area contributed by atoms with E-state index in [1.807, 2.05) is 0 Å². The van der Waals surface area contributed by atoms with E-state index >= 15 is 0 Å². The van der Waals surface area contributed by atoms with Crippen molar-refractivity contribution < 1.29 is 0 Å². The topological polar surface area (TPSA) is 50.7 Å². The lowest BCUT2D eigenvalue weighted by Gasteiger charge is -2.06. The van der Waals surface area contributed by atoms with E-state index in [2.05, 4.69) is 41.0 Å². The van der Waals surface area contributed by atoms with E-state index in [-0.39, 0.29) is 0 Å². The van der Waals surface area contributed by atoms with Crippen LogP contribution in [0.4, 0.5) is 0 Å². The summed E-state index contributed by atoms with van der Waals surface area (Å²) in [5.74, 6) is 0. The van der Waals surface area contributed by atoms with Gasteiger partial charge in [0.1, 0.15) is 10.7 Å². The average Bonchev–Trinajstić information content (AvgIpc) is 2.80. The van der Waals surface area contributed by atoms with Crippen molar-refractivity contribution >= 4 is 11.3 Å². The van der Waals surface area contributed by atoms with Gasteiger partial charge < -0.3 is 5.32 Å². The van der Waals surface area contributed by atoms with Crippen molar-refractivity contribution in [2.45, 2.75) is 39.8 Å². The molecule has 0 aliphatic rings. The van der Waals surface area contributed by atoms with Gasteiger partial charge in [-0.05, 0) is 6.42 Å². The molecule has 5 heteroatoms. The summed E-state index contributed by atoms with van der Waals surface area (Å²) in [6, 6.07) is 0.483. The van der Waals surface area contributed by atoms with Gasteiger partial charge in [0.25, 0.3) is 0 Å². The normalized spacial score (nSPS) is 11.1. The minimum atomic E-state index is 0.483. The standard InChI is InChI=1S/C13H18N4S/c1-4-10-12(8-16-9(2)3)18-13(17-10)11-7-14-5-6-15-11/h5-7,9,16H,4,8H2,1-3H3. The first kappa shape index (κ1) is 13.1. The summed E-state index contributed by atoms with van der Waals surface area (Å²) < 4.78 is 0. The van der Waals surface area contributed by atoms with Gasteiger partial charge in [0, 0.05) is 29.9 Å². The van der Waals surface area contributed by atoms with E-state index in [0.29, 0.717) is 6.04 Å². The largest absolute Gasteiger partial charge is 0.310 e. The molecule has 0 aliphatic heterocycles. The van der Waals surface area contributed by atoms with Crippen molar-refractivity contribution in [2.75, 3.05) is 0 Å². The summed E-state index contributed by atoms with van der Waals surface area (Å²) in [5.41, 5.74) is 2.02. The van der Waals surface area contributed by atoms with Crippen LogP contribution in [0.15, 0.2) is 18.6 Å². The molecular weight excluding hydrogens is 244 g/mol. The Morgan fingerprint density at radius 2 is 2.17 bits per heavy atom. The first-order chi connectivity index (χ1) is 8.70. The Balaban J connectivity index is 2.24. The highest BCUT2D eigenvalue weighted by molar-refractivity contribution is 7.15. The van der Waals surface area contributed by atoms with Crippen LogP contribution in [-0.4, -0.2) is 21.0 Å². The number of nitrogens with zero attached hydrogens (tertiary/aromatic N) is 3. The van der Waals surface area contributed by atoms with Crippen molar-refractivity contribution in [1.82, 2.24) is 20.3 Å². The molecule has 1 N–H and O–H groups in total. The van der Waals surface area contributed by atoms with Crippen LogP contribution in [-0.2, 0) is 13.0 Å². The molecule has 2 heterocycles. The number of nitrogens with one attached hydrogen (secondary N) is 1. The van der Waals surface area contributed by atoms with Crippen LogP contribution < -0.4 is 5.32 Å². The molecule has 0 saturated heterocycles. The zero-order valence-electron chi connectivity index (χ0n) is 11.0. The molecule has 0 radical (unpaired) electrons. The van der Waals surface area contributed by atoms with E-state index in [1.54, 1.807) is 29.9 Å². The number of hydrogen-bond donors (Lipinski definition) is 1. The van der Waals surface area contributed by atoms with Crippen LogP contribution in [0.2, 0.25) is 0 Å². The van der Waals surface area contributed by atoms with Crippen LogP contribution in [0.5, 0.6) is 0 Å². The molecule has 0 spiro atoms. The molecule has 0 unspecified atom stereocenters. The van der Waals surface area contributed by atoms with Gasteiger partial charge in [-0.15, -0.1) is 11.3 Å². The fourth-order valence-corrected chi connectivity index (χ4v) is 2.68. The highest BCUT2D eigenvalue weighted by Crippen LogP contribution is 2.26. The highest BCUT2D eigenvalue weighted by Gasteiger charge is 2.12. The van der Waals surface area contributed by atoms with Crippen LogP contribution >= 0.6 is 11.3 Å². The van der Waals surface area contributed by atoms with Crippen LogP contribution in [0.3, 0.4) is 0 Å². The van der Waals surface area contributed by atoms with Gasteiger partial charge in [-0.25, -0.2) is 4.98 Å². The van der Waals surface area contributed by atoms with Crippen molar-refractivity contribution in [1.29, 1.82) is 0 Å². The fraction of sp³-hybridized carbons (Fsp3) is 0.462. The van der Waals surface area contributed by atoms with Crippen molar-refractivity contribution in [2.24, 2.45) is 0 Å². The second-order valence-electron chi connectivity index (χ2n) is 4.37. The van der Waals surface area contributed by atoms with E-state index < -0.39 is 0 Å².